The van der Waals surface area contributed by atoms with E-state index in [-0.39, 0.29) is 17.5 Å². The maximum Gasteiger partial charge on any atom is 0.239 e. The first-order valence-electron chi connectivity index (χ1n) is 7.20. The highest BCUT2D eigenvalue weighted by molar-refractivity contribution is 8.15. The van der Waals surface area contributed by atoms with Crippen LogP contribution in [0.4, 0.5) is 4.39 Å². The predicted molar refractivity (Wildman–Crippen MR) is 81.8 cm³/mol. The molecule has 2 aliphatic heterocycles. The van der Waals surface area contributed by atoms with Crippen LogP contribution in [0.25, 0.3) is 0 Å². The molecule has 0 spiro atoms. The number of rotatable bonds is 1. The molecule has 1 fully saturated rings. The molecule has 22 heavy (non-hydrogen) atoms. The minimum Gasteiger partial charge on any atom is -0.294 e. The van der Waals surface area contributed by atoms with E-state index in [0.717, 1.165) is 24.1 Å². The molecule has 4 rings (SSSR count). The molecule has 0 bridgehead atoms. The van der Waals surface area contributed by atoms with Crippen molar-refractivity contribution < 1.29 is 14.0 Å². The number of aliphatic imine (C=N–C) groups is 1. The molecular formula is C16H13FN2O2S. The average Bonchev–Trinajstić information content (AvgIpc) is 2.88. The summed E-state index contributed by atoms with van der Waals surface area (Å²) in [7, 11) is 0. The highest BCUT2D eigenvalue weighted by Gasteiger charge is 2.43. The number of Topliss-reactive ketones (excluding diaryl/α,β-unsaturated/α-hetero) is 1. The Bertz CT molecular complexity index is 739. The molecular weight excluding hydrogens is 303 g/mol. The average molecular weight is 316 g/mol. The lowest BCUT2D eigenvalue weighted by Crippen LogP contribution is -2.40. The summed E-state index contributed by atoms with van der Waals surface area (Å²) in [5.41, 5.74) is 2.16. The van der Waals surface area contributed by atoms with Crippen LogP contribution < -0.4 is 0 Å². The number of ketones is 1. The van der Waals surface area contributed by atoms with Crippen LogP contribution in [0.5, 0.6) is 0 Å². The van der Waals surface area contributed by atoms with Gasteiger partial charge in [-0.15, -0.1) is 0 Å². The molecule has 1 amide bonds. The summed E-state index contributed by atoms with van der Waals surface area (Å²) in [6, 6.07) is 5.56. The topological polar surface area (TPSA) is 49.7 Å². The summed E-state index contributed by atoms with van der Waals surface area (Å²) < 4.78 is 13.2. The monoisotopic (exact) mass is 316 g/mol. The number of thioether (sulfide) groups is 1. The lowest BCUT2D eigenvalue weighted by atomic mass is 9.85. The Balaban J connectivity index is 1.89. The van der Waals surface area contributed by atoms with Crippen LogP contribution in [0, 0.1) is 5.82 Å². The van der Waals surface area contributed by atoms with Crippen molar-refractivity contribution in [2.24, 2.45) is 4.99 Å². The highest BCUT2D eigenvalue weighted by atomic mass is 32.2. The van der Waals surface area contributed by atoms with Gasteiger partial charge in [-0.3, -0.25) is 14.5 Å². The molecule has 1 atom stereocenters. The molecule has 2 heterocycles. The smallest absolute Gasteiger partial charge is 0.239 e. The second-order valence-corrected chi connectivity index (χ2v) is 6.48. The van der Waals surface area contributed by atoms with Crippen LogP contribution in [0.15, 0.2) is 40.5 Å². The number of benzene rings is 1. The Morgan fingerprint density at radius 3 is 2.73 bits per heavy atom. The largest absolute Gasteiger partial charge is 0.294 e. The number of fused-ring (bicyclic) bond motifs is 1. The van der Waals surface area contributed by atoms with E-state index in [9.17, 15) is 14.0 Å². The number of amidine groups is 1. The molecule has 0 radical (unpaired) electrons. The van der Waals surface area contributed by atoms with Gasteiger partial charge in [0.05, 0.1) is 17.5 Å². The van der Waals surface area contributed by atoms with Crippen molar-refractivity contribution >= 4 is 28.6 Å². The van der Waals surface area contributed by atoms with E-state index in [1.54, 1.807) is 17.0 Å². The van der Waals surface area contributed by atoms with Crippen molar-refractivity contribution in [1.82, 2.24) is 4.90 Å². The van der Waals surface area contributed by atoms with Gasteiger partial charge in [0.1, 0.15) is 5.82 Å². The van der Waals surface area contributed by atoms with Crippen LogP contribution in [0.3, 0.4) is 0 Å². The standard InChI is InChI=1S/C16H13FN2O2S/c17-10-6-4-9(5-7-10)15-14-11(2-1-3-12(14)20)18-16-19(15)13(21)8-22-16/h4-7,15H,1-3,8H2. The van der Waals surface area contributed by atoms with Gasteiger partial charge in [-0.1, -0.05) is 23.9 Å². The molecule has 1 aromatic rings. The first-order chi connectivity index (χ1) is 10.6. The van der Waals surface area contributed by atoms with E-state index >= 15 is 0 Å². The van der Waals surface area contributed by atoms with E-state index < -0.39 is 6.04 Å². The van der Waals surface area contributed by atoms with Crippen molar-refractivity contribution in [1.29, 1.82) is 0 Å². The number of nitrogens with zero attached hydrogens (tertiary/aromatic N) is 2. The summed E-state index contributed by atoms with van der Waals surface area (Å²) in [5, 5.41) is 0.660. The number of carbonyl (C=O) groups is 2. The van der Waals surface area contributed by atoms with E-state index in [2.05, 4.69) is 4.99 Å². The zero-order valence-electron chi connectivity index (χ0n) is 11.7. The zero-order valence-corrected chi connectivity index (χ0v) is 12.5. The summed E-state index contributed by atoms with van der Waals surface area (Å²) in [6.45, 7) is 0. The Kier molecular flexibility index (Phi) is 3.14. The van der Waals surface area contributed by atoms with Gasteiger partial charge in [0.2, 0.25) is 5.91 Å². The molecule has 4 nitrogen and oxygen atoms in total. The molecule has 112 valence electrons. The lowest BCUT2D eigenvalue weighted by molar-refractivity contribution is -0.125. The quantitative estimate of drug-likeness (QED) is 0.800. The van der Waals surface area contributed by atoms with Gasteiger partial charge in [0, 0.05) is 12.0 Å². The van der Waals surface area contributed by atoms with Gasteiger partial charge in [0.15, 0.2) is 11.0 Å². The first kappa shape index (κ1) is 13.7. The summed E-state index contributed by atoms with van der Waals surface area (Å²) >= 11 is 1.40. The lowest BCUT2D eigenvalue weighted by Gasteiger charge is -2.35. The fourth-order valence-electron chi connectivity index (χ4n) is 3.19. The Hall–Kier alpha value is -1.95. The minimum atomic E-state index is -0.460. The number of amides is 1. The van der Waals surface area contributed by atoms with Gasteiger partial charge in [0.25, 0.3) is 0 Å². The third-order valence-corrected chi connectivity index (χ3v) is 5.11. The van der Waals surface area contributed by atoms with E-state index in [1.807, 2.05) is 0 Å². The van der Waals surface area contributed by atoms with Crippen LogP contribution in [0.2, 0.25) is 0 Å². The Morgan fingerprint density at radius 1 is 1.18 bits per heavy atom. The van der Waals surface area contributed by atoms with Crippen LogP contribution in [-0.2, 0) is 9.59 Å². The van der Waals surface area contributed by atoms with Crippen molar-refractivity contribution in [3.63, 3.8) is 0 Å². The van der Waals surface area contributed by atoms with Gasteiger partial charge < -0.3 is 0 Å². The number of hydrogen-bond acceptors (Lipinski definition) is 4. The van der Waals surface area contributed by atoms with Crippen molar-refractivity contribution in [2.75, 3.05) is 5.75 Å². The maximum absolute atomic E-state index is 13.2. The summed E-state index contributed by atoms with van der Waals surface area (Å²) in [4.78, 5) is 30.8. The minimum absolute atomic E-state index is 0.0445. The van der Waals surface area contributed by atoms with Gasteiger partial charge in [-0.25, -0.2) is 9.38 Å². The molecule has 1 unspecified atom stereocenters. The Morgan fingerprint density at radius 2 is 1.95 bits per heavy atom. The molecule has 0 N–H and O–H groups in total. The second kappa shape index (κ2) is 5.05. The number of carbonyl (C=O) groups excluding carboxylic acids is 2. The second-order valence-electron chi connectivity index (χ2n) is 5.54. The highest BCUT2D eigenvalue weighted by Crippen LogP contribution is 2.44. The first-order valence-corrected chi connectivity index (χ1v) is 8.19. The molecule has 3 aliphatic rings. The van der Waals surface area contributed by atoms with Crippen LogP contribution in [0.1, 0.15) is 30.9 Å². The van der Waals surface area contributed by atoms with Crippen LogP contribution >= 0.6 is 11.8 Å². The van der Waals surface area contributed by atoms with E-state index in [4.69, 9.17) is 0 Å². The fraction of sp³-hybridized carbons (Fsp3) is 0.312. The van der Waals surface area contributed by atoms with Gasteiger partial charge in [-0.05, 0) is 30.5 Å². The number of halogens is 1. The third kappa shape index (κ3) is 2.01. The van der Waals surface area contributed by atoms with Gasteiger partial charge >= 0.3 is 0 Å². The molecule has 1 aromatic carbocycles. The molecule has 1 aliphatic carbocycles. The molecule has 1 saturated heterocycles. The maximum atomic E-state index is 13.2. The molecule has 0 aromatic heterocycles. The van der Waals surface area contributed by atoms with Crippen molar-refractivity contribution in [3.8, 4) is 0 Å². The van der Waals surface area contributed by atoms with Crippen molar-refractivity contribution in [2.45, 2.75) is 25.3 Å². The number of hydrogen-bond donors (Lipinski definition) is 0. The molecule has 6 heteroatoms. The normalized spacial score (nSPS) is 24.3. The van der Waals surface area contributed by atoms with E-state index in [1.165, 1.54) is 23.9 Å². The summed E-state index contributed by atoms with van der Waals surface area (Å²) in [5.74, 6) is -0.00326. The molecule has 0 saturated carbocycles. The van der Waals surface area contributed by atoms with E-state index in [0.29, 0.717) is 22.9 Å². The van der Waals surface area contributed by atoms with Gasteiger partial charge in [-0.2, -0.15) is 0 Å². The number of allylic oxidation sites excluding steroid dienone is 1. The summed E-state index contributed by atoms with van der Waals surface area (Å²) in [6.07, 6.45) is 2.03. The predicted octanol–water partition coefficient (Wildman–Crippen LogP) is 2.82. The SMILES string of the molecule is O=C1CCCC2=C1C(c1ccc(F)cc1)N1C(=O)CSC1=N2. The zero-order chi connectivity index (χ0) is 15.3. The van der Waals surface area contributed by atoms with Crippen molar-refractivity contribution in [3.05, 3.63) is 46.9 Å². The third-order valence-electron chi connectivity index (χ3n) is 4.18. The van der Waals surface area contributed by atoms with Crippen LogP contribution in [-0.4, -0.2) is 27.5 Å². The fourth-order valence-corrected chi connectivity index (χ4v) is 4.10. The Labute approximate surface area is 131 Å².